The number of rotatable bonds is 3. The van der Waals surface area contributed by atoms with Gasteiger partial charge in [0.05, 0.1) is 7.11 Å². The second-order valence-electron chi connectivity index (χ2n) is 3.58. The molecule has 92 valence electrons. The SMILES string of the molecule is COC(=O)C(CN)N1CCN(C(=O)O)CC1. The maximum absolute atomic E-state index is 11.4. The first-order valence-corrected chi connectivity index (χ1v) is 5.10. The number of carboxylic acid groups (broad SMARTS) is 1. The minimum atomic E-state index is -0.929. The summed E-state index contributed by atoms with van der Waals surface area (Å²) in [6.45, 7) is 1.97. The Kier molecular flexibility index (Phi) is 4.51. The zero-order valence-corrected chi connectivity index (χ0v) is 9.26. The van der Waals surface area contributed by atoms with E-state index in [0.29, 0.717) is 26.2 Å². The van der Waals surface area contributed by atoms with Gasteiger partial charge in [-0.05, 0) is 0 Å². The van der Waals surface area contributed by atoms with Gasteiger partial charge in [0, 0.05) is 32.7 Å². The first-order valence-electron chi connectivity index (χ1n) is 5.10. The van der Waals surface area contributed by atoms with E-state index in [4.69, 9.17) is 10.8 Å². The Hall–Kier alpha value is -1.34. The predicted molar refractivity (Wildman–Crippen MR) is 56.0 cm³/mol. The number of nitrogens with two attached hydrogens (primary N) is 1. The molecule has 0 aromatic carbocycles. The molecule has 0 spiro atoms. The van der Waals surface area contributed by atoms with E-state index in [0.717, 1.165) is 0 Å². The van der Waals surface area contributed by atoms with Crippen LogP contribution in [0.25, 0.3) is 0 Å². The van der Waals surface area contributed by atoms with Crippen LogP contribution in [0, 0.1) is 0 Å². The maximum atomic E-state index is 11.4. The van der Waals surface area contributed by atoms with E-state index in [1.807, 2.05) is 4.90 Å². The Labute approximate surface area is 93.7 Å². The molecule has 0 bridgehead atoms. The van der Waals surface area contributed by atoms with Crippen molar-refractivity contribution in [1.29, 1.82) is 0 Å². The van der Waals surface area contributed by atoms with Gasteiger partial charge in [-0.15, -0.1) is 0 Å². The van der Waals surface area contributed by atoms with Crippen LogP contribution in [0.1, 0.15) is 0 Å². The third kappa shape index (κ3) is 2.83. The zero-order valence-electron chi connectivity index (χ0n) is 9.26. The number of methoxy groups -OCH3 is 1. The lowest BCUT2D eigenvalue weighted by molar-refractivity contribution is -0.147. The highest BCUT2D eigenvalue weighted by atomic mass is 16.5. The van der Waals surface area contributed by atoms with Crippen LogP contribution in [-0.4, -0.2) is 72.8 Å². The van der Waals surface area contributed by atoms with Gasteiger partial charge in [-0.2, -0.15) is 0 Å². The van der Waals surface area contributed by atoms with Crippen molar-refractivity contribution in [1.82, 2.24) is 9.80 Å². The van der Waals surface area contributed by atoms with Crippen molar-refractivity contribution in [3.8, 4) is 0 Å². The molecular formula is C9H17N3O4. The summed E-state index contributed by atoms with van der Waals surface area (Å²) < 4.78 is 4.64. The maximum Gasteiger partial charge on any atom is 0.407 e. The van der Waals surface area contributed by atoms with Crippen molar-refractivity contribution in [2.45, 2.75) is 6.04 Å². The molecule has 0 aromatic rings. The fourth-order valence-corrected chi connectivity index (χ4v) is 1.76. The van der Waals surface area contributed by atoms with E-state index in [-0.39, 0.29) is 12.5 Å². The third-order valence-electron chi connectivity index (χ3n) is 2.72. The minimum Gasteiger partial charge on any atom is -0.468 e. The normalized spacial score (nSPS) is 19.2. The molecule has 0 saturated carbocycles. The Morgan fingerprint density at radius 2 is 1.94 bits per heavy atom. The second kappa shape index (κ2) is 5.66. The molecule has 16 heavy (non-hydrogen) atoms. The molecule has 1 rings (SSSR count). The van der Waals surface area contributed by atoms with Crippen LogP contribution in [0.15, 0.2) is 0 Å². The fourth-order valence-electron chi connectivity index (χ4n) is 1.76. The highest BCUT2D eigenvalue weighted by Gasteiger charge is 2.29. The molecule has 1 amide bonds. The van der Waals surface area contributed by atoms with Crippen molar-refractivity contribution in [2.24, 2.45) is 5.73 Å². The van der Waals surface area contributed by atoms with E-state index in [1.54, 1.807) is 0 Å². The number of carbonyl (C=O) groups is 2. The molecule has 1 aliphatic heterocycles. The van der Waals surface area contributed by atoms with Crippen LogP contribution in [0.5, 0.6) is 0 Å². The summed E-state index contributed by atoms with van der Waals surface area (Å²) in [7, 11) is 1.32. The quantitative estimate of drug-likeness (QED) is 0.591. The molecular weight excluding hydrogens is 214 g/mol. The summed E-state index contributed by atoms with van der Waals surface area (Å²) >= 11 is 0. The molecule has 0 aromatic heterocycles. The monoisotopic (exact) mass is 231 g/mol. The Morgan fingerprint density at radius 1 is 1.38 bits per heavy atom. The molecule has 0 radical (unpaired) electrons. The fraction of sp³-hybridized carbons (Fsp3) is 0.778. The number of hydrogen-bond acceptors (Lipinski definition) is 5. The number of esters is 1. The molecule has 3 N–H and O–H groups in total. The Balaban J connectivity index is 2.51. The van der Waals surface area contributed by atoms with E-state index in [9.17, 15) is 9.59 Å². The van der Waals surface area contributed by atoms with E-state index >= 15 is 0 Å². The van der Waals surface area contributed by atoms with Crippen LogP contribution >= 0.6 is 0 Å². The number of hydrogen-bond donors (Lipinski definition) is 2. The lowest BCUT2D eigenvalue weighted by Gasteiger charge is -2.36. The highest BCUT2D eigenvalue weighted by Crippen LogP contribution is 2.07. The van der Waals surface area contributed by atoms with Gasteiger partial charge in [0.1, 0.15) is 6.04 Å². The lowest BCUT2D eigenvalue weighted by atomic mass is 10.2. The molecule has 1 unspecified atom stereocenters. The number of amides is 1. The average molecular weight is 231 g/mol. The summed E-state index contributed by atoms with van der Waals surface area (Å²) in [5, 5.41) is 8.77. The third-order valence-corrected chi connectivity index (χ3v) is 2.72. The van der Waals surface area contributed by atoms with Crippen LogP contribution in [0.2, 0.25) is 0 Å². The molecule has 1 aliphatic rings. The van der Waals surface area contributed by atoms with E-state index < -0.39 is 12.1 Å². The van der Waals surface area contributed by atoms with Gasteiger partial charge in [-0.3, -0.25) is 9.69 Å². The van der Waals surface area contributed by atoms with Gasteiger partial charge in [-0.1, -0.05) is 0 Å². The van der Waals surface area contributed by atoms with Crippen LogP contribution in [-0.2, 0) is 9.53 Å². The van der Waals surface area contributed by atoms with Crippen LogP contribution < -0.4 is 5.73 Å². The summed E-state index contributed by atoms with van der Waals surface area (Å²) in [5.41, 5.74) is 5.50. The molecule has 1 heterocycles. The first kappa shape index (κ1) is 12.7. The van der Waals surface area contributed by atoms with E-state index in [1.165, 1.54) is 12.0 Å². The average Bonchev–Trinajstić information content (AvgIpc) is 2.30. The smallest absolute Gasteiger partial charge is 0.407 e. The van der Waals surface area contributed by atoms with Gasteiger partial charge < -0.3 is 20.5 Å². The van der Waals surface area contributed by atoms with Crippen LogP contribution in [0.3, 0.4) is 0 Å². The molecule has 1 atom stereocenters. The summed E-state index contributed by atoms with van der Waals surface area (Å²) in [5.74, 6) is -0.369. The van der Waals surface area contributed by atoms with Gasteiger partial charge in [0.15, 0.2) is 0 Å². The number of piperazine rings is 1. The number of ether oxygens (including phenoxy) is 1. The van der Waals surface area contributed by atoms with Crippen molar-refractivity contribution >= 4 is 12.1 Å². The highest BCUT2D eigenvalue weighted by molar-refractivity contribution is 5.76. The van der Waals surface area contributed by atoms with Crippen molar-refractivity contribution in [3.05, 3.63) is 0 Å². The van der Waals surface area contributed by atoms with Gasteiger partial charge in [0.2, 0.25) is 0 Å². The minimum absolute atomic E-state index is 0.180. The Morgan fingerprint density at radius 3 is 2.31 bits per heavy atom. The molecule has 1 saturated heterocycles. The Bertz CT molecular complexity index is 263. The predicted octanol–water partition coefficient (Wildman–Crippen LogP) is -1.22. The standard InChI is InChI=1S/C9H17N3O4/c1-16-8(13)7(6-10)11-2-4-12(5-3-11)9(14)15/h7H,2-6,10H2,1H3,(H,14,15). The van der Waals surface area contributed by atoms with Crippen molar-refractivity contribution in [3.63, 3.8) is 0 Å². The first-order chi connectivity index (χ1) is 7.60. The second-order valence-corrected chi connectivity index (χ2v) is 3.58. The lowest BCUT2D eigenvalue weighted by Crippen LogP contribution is -2.56. The largest absolute Gasteiger partial charge is 0.468 e. The van der Waals surface area contributed by atoms with Gasteiger partial charge in [0.25, 0.3) is 0 Å². The van der Waals surface area contributed by atoms with E-state index in [2.05, 4.69) is 4.74 Å². The number of carbonyl (C=O) groups excluding carboxylic acids is 1. The van der Waals surface area contributed by atoms with Crippen molar-refractivity contribution in [2.75, 3.05) is 39.8 Å². The van der Waals surface area contributed by atoms with Gasteiger partial charge in [-0.25, -0.2) is 4.79 Å². The molecule has 0 aliphatic carbocycles. The summed E-state index contributed by atoms with van der Waals surface area (Å²) in [4.78, 5) is 25.2. The number of nitrogens with zero attached hydrogens (tertiary/aromatic N) is 2. The molecule has 7 nitrogen and oxygen atoms in total. The summed E-state index contributed by atoms with van der Waals surface area (Å²) in [6, 6.07) is -0.471. The molecule has 1 fully saturated rings. The zero-order chi connectivity index (χ0) is 12.1. The van der Waals surface area contributed by atoms with Crippen molar-refractivity contribution < 1.29 is 19.4 Å². The molecule has 7 heteroatoms. The van der Waals surface area contributed by atoms with Crippen LogP contribution in [0.4, 0.5) is 4.79 Å². The summed E-state index contributed by atoms with van der Waals surface area (Å²) in [6.07, 6.45) is -0.929. The van der Waals surface area contributed by atoms with Gasteiger partial charge >= 0.3 is 12.1 Å². The topological polar surface area (TPSA) is 96.1 Å².